The van der Waals surface area contributed by atoms with E-state index in [1.807, 2.05) is 25.1 Å². The molecule has 1 aromatic carbocycles. The van der Waals surface area contributed by atoms with Gasteiger partial charge >= 0.3 is 5.97 Å². The number of carbonyl (C=O) groups excluding carboxylic acids is 1. The fourth-order valence-electron chi connectivity index (χ4n) is 3.14. The first kappa shape index (κ1) is 25.2. The van der Waals surface area contributed by atoms with Gasteiger partial charge in [-0.3, -0.25) is 9.69 Å². The number of hydrogen-bond acceptors (Lipinski definition) is 6. The van der Waals surface area contributed by atoms with Crippen molar-refractivity contribution in [2.75, 3.05) is 13.2 Å². The lowest BCUT2D eigenvalue weighted by molar-refractivity contribution is -0.144. The van der Waals surface area contributed by atoms with E-state index >= 15 is 0 Å². The molecule has 1 atom stereocenters. The van der Waals surface area contributed by atoms with Crippen LogP contribution in [0.5, 0.6) is 11.5 Å². The fraction of sp³-hybridized carbons (Fsp3) is 0.522. The molecular formula is C23H31NO5S2. The van der Waals surface area contributed by atoms with E-state index in [0.29, 0.717) is 29.6 Å². The standard InChI is InChI=1S/C23H31NO5S2/c1-4-6-7-8-9-10-13-29-18-12-11-17(14-19(18)28-5-2)15-20-21(25)24(23(30)31-20)16(3)22(26)27/h11-12,14-16H,4-10,13H2,1-3H3,(H,26,27). The van der Waals surface area contributed by atoms with Crippen LogP contribution >= 0.6 is 24.0 Å². The van der Waals surface area contributed by atoms with Gasteiger partial charge in [0.15, 0.2) is 11.5 Å². The zero-order valence-electron chi connectivity index (χ0n) is 18.4. The molecule has 0 aromatic heterocycles. The number of unbranched alkanes of at least 4 members (excludes halogenated alkanes) is 5. The predicted molar refractivity (Wildman–Crippen MR) is 129 cm³/mol. The maximum Gasteiger partial charge on any atom is 0.326 e. The number of carbonyl (C=O) groups is 2. The molecule has 0 saturated carbocycles. The van der Waals surface area contributed by atoms with Crippen LogP contribution in [0, 0.1) is 0 Å². The number of thioether (sulfide) groups is 1. The minimum Gasteiger partial charge on any atom is -0.490 e. The largest absolute Gasteiger partial charge is 0.490 e. The topological polar surface area (TPSA) is 76.1 Å². The Morgan fingerprint density at radius 1 is 1.16 bits per heavy atom. The number of carboxylic acids is 1. The van der Waals surface area contributed by atoms with Crippen LogP contribution in [0.2, 0.25) is 0 Å². The van der Waals surface area contributed by atoms with Crippen LogP contribution in [-0.4, -0.2) is 45.5 Å². The van der Waals surface area contributed by atoms with Crippen molar-refractivity contribution >= 4 is 46.3 Å². The Morgan fingerprint density at radius 2 is 1.87 bits per heavy atom. The molecule has 0 bridgehead atoms. The molecule has 8 heteroatoms. The summed E-state index contributed by atoms with van der Waals surface area (Å²) in [6, 6.07) is 4.52. The van der Waals surface area contributed by atoms with Gasteiger partial charge in [-0.25, -0.2) is 4.79 Å². The molecule has 1 fully saturated rings. The van der Waals surface area contributed by atoms with Crippen LogP contribution in [0.15, 0.2) is 23.1 Å². The van der Waals surface area contributed by atoms with E-state index in [4.69, 9.17) is 21.7 Å². The van der Waals surface area contributed by atoms with Crippen molar-refractivity contribution in [1.29, 1.82) is 0 Å². The Labute approximate surface area is 194 Å². The fourth-order valence-corrected chi connectivity index (χ4v) is 4.56. The van der Waals surface area contributed by atoms with E-state index in [9.17, 15) is 14.7 Å². The second-order valence-corrected chi connectivity index (χ2v) is 9.00. The van der Waals surface area contributed by atoms with E-state index in [1.54, 1.807) is 6.08 Å². The summed E-state index contributed by atoms with van der Waals surface area (Å²) in [5.41, 5.74) is 0.763. The van der Waals surface area contributed by atoms with Crippen molar-refractivity contribution in [2.24, 2.45) is 0 Å². The number of benzene rings is 1. The Kier molecular flexibility index (Phi) is 10.3. The van der Waals surface area contributed by atoms with Crippen molar-refractivity contribution in [3.63, 3.8) is 0 Å². The van der Waals surface area contributed by atoms with Gasteiger partial charge in [-0.15, -0.1) is 0 Å². The number of rotatable bonds is 13. The first-order valence-electron chi connectivity index (χ1n) is 10.8. The van der Waals surface area contributed by atoms with Crippen molar-refractivity contribution in [3.05, 3.63) is 28.7 Å². The summed E-state index contributed by atoms with van der Waals surface area (Å²) in [7, 11) is 0. The quantitative estimate of drug-likeness (QED) is 0.234. The molecular weight excluding hydrogens is 434 g/mol. The highest BCUT2D eigenvalue weighted by Gasteiger charge is 2.38. The molecule has 170 valence electrons. The smallest absolute Gasteiger partial charge is 0.326 e. The van der Waals surface area contributed by atoms with Crippen LogP contribution < -0.4 is 9.47 Å². The van der Waals surface area contributed by atoms with E-state index in [1.165, 1.54) is 32.6 Å². The number of thiocarbonyl (C=S) groups is 1. The van der Waals surface area contributed by atoms with Gasteiger partial charge in [0.2, 0.25) is 0 Å². The SMILES string of the molecule is CCCCCCCCOc1ccc(C=C2SC(=S)N(C(C)C(=O)O)C2=O)cc1OCC. The van der Waals surface area contributed by atoms with E-state index < -0.39 is 17.9 Å². The first-order valence-corrected chi connectivity index (χ1v) is 12.0. The number of amides is 1. The maximum absolute atomic E-state index is 12.6. The summed E-state index contributed by atoms with van der Waals surface area (Å²) in [5, 5.41) is 9.21. The molecule has 1 saturated heterocycles. The molecule has 0 aliphatic carbocycles. The van der Waals surface area contributed by atoms with Gasteiger partial charge in [0.05, 0.1) is 18.1 Å². The summed E-state index contributed by atoms with van der Waals surface area (Å²) in [4.78, 5) is 25.4. The van der Waals surface area contributed by atoms with Crippen molar-refractivity contribution in [2.45, 2.75) is 65.3 Å². The average Bonchev–Trinajstić information content (AvgIpc) is 3.01. The normalized spacial score (nSPS) is 16.1. The highest BCUT2D eigenvalue weighted by atomic mass is 32.2. The van der Waals surface area contributed by atoms with Gasteiger partial charge in [0.1, 0.15) is 10.4 Å². The zero-order valence-corrected chi connectivity index (χ0v) is 20.0. The average molecular weight is 466 g/mol. The summed E-state index contributed by atoms with van der Waals surface area (Å²) in [5.74, 6) is -0.189. The molecule has 1 amide bonds. The van der Waals surface area contributed by atoms with Crippen molar-refractivity contribution in [3.8, 4) is 11.5 Å². The van der Waals surface area contributed by atoms with E-state index in [2.05, 4.69) is 6.92 Å². The molecule has 1 unspecified atom stereocenters. The molecule has 1 aromatic rings. The van der Waals surface area contributed by atoms with E-state index in [-0.39, 0.29) is 4.32 Å². The minimum atomic E-state index is -1.09. The van der Waals surface area contributed by atoms with Gasteiger partial charge in [-0.2, -0.15) is 0 Å². The summed E-state index contributed by atoms with van der Waals surface area (Å²) in [6.45, 7) is 6.69. The van der Waals surface area contributed by atoms with Crippen LogP contribution in [0.1, 0.15) is 64.9 Å². The number of ether oxygens (including phenoxy) is 2. The summed E-state index contributed by atoms with van der Waals surface area (Å²) < 4.78 is 11.9. The third-order valence-electron chi connectivity index (χ3n) is 4.89. The van der Waals surface area contributed by atoms with Gasteiger partial charge in [0.25, 0.3) is 5.91 Å². The Hall–Kier alpha value is -2.06. The second-order valence-electron chi connectivity index (χ2n) is 7.32. The minimum absolute atomic E-state index is 0.245. The van der Waals surface area contributed by atoms with Crippen LogP contribution in [0.25, 0.3) is 6.08 Å². The van der Waals surface area contributed by atoms with Crippen LogP contribution in [0.3, 0.4) is 0 Å². The number of hydrogen-bond donors (Lipinski definition) is 1. The number of carboxylic acid groups (broad SMARTS) is 1. The van der Waals surface area contributed by atoms with Gasteiger partial charge in [-0.05, 0) is 44.0 Å². The maximum atomic E-state index is 12.6. The molecule has 2 rings (SSSR count). The van der Waals surface area contributed by atoms with E-state index in [0.717, 1.165) is 35.1 Å². The molecule has 1 aliphatic heterocycles. The predicted octanol–water partition coefficient (Wildman–Crippen LogP) is 5.50. The van der Waals surface area contributed by atoms with Gasteiger partial charge in [0, 0.05) is 0 Å². The lowest BCUT2D eigenvalue weighted by Gasteiger charge is -2.18. The third-order valence-corrected chi connectivity index (χ3v) is 6.22. The highest BCUT2D eigenvalue weighted by molar-refractivity contribution is 8.26. The lowest BCUT2D eigenvalue weighted by atomic mass is 10.1. The molecule has 0 radical (unpaired) electrons. The Morgan fingerprint density at radius 3 is 2.55 bits per heavy atom. The van der Waals surface area contributed by atoms with Crippen LogP contribution in [0.4, 0.5) is 0 Å². The molecule has 0 spiro atoms. The summed E-state index contributed by atoms with van der Waals surface area (Å²) in [6.07, 6.45) is 8.88. The number of nitrogens with zero attached hydrogens (tertiary/aromatic N) is 1. The Balaban J connectivity index is 2.06. The van der Waals surface area contributed by atoms with Gasteiger partial charge < -0.3 is 14.6 Å². The molecule has 1 heterocycles. The molecule has 31 heavy (non-hydrogen) atoms. The highest BCUT2D eigenvalue weighted by Crippen LogP contribution is 2.36. The monoisotopic (exact) mass is 465 g/mol. The molecule has 1 aliphatic rings. The molecule has 1 N–H and O–H groups in total. The van der Waals surface area contributed by atoms with Crippen molar-refractivity contribution < 1.29 is 24.2 Å². The van der Waals surface area contributed by atoms with Gasteiger partial charge in [-0.1, -0.05) is 69.1 Å². The summed E-state index contributed by atoms with van der Waals surface area (Å²) >= 11 is 6.31. The zero-order chi connectivity index (χ0) is 22.8. The Bertz CT molecular complexity index is 824. The third kappa shape index (κ3) is 7.25. The lowest BCUT2D eigenvalue weighted by Crippen LogP contribution is -2.41. The van der Waals surface area contributed by atoms with Crippen molar-refractivity contribution in [1.82, 2.24) is 4.90 Å². The van der Waals surface area contributed by atoms with Crippen LogP contribution in [-0.2, 0) is 9.59 Å². The second kappa shape index (κ2) is 12.7. The number of aliphatic carboxylic acids is 1. The first-order chi connectivity index (χ1) is 14.9. The molecule has 6 nitrogen and oxygen atoms in total.